The van der Waals surface area contributed by atoms with E-state index in [-0.39, 0.29) is 0 Å². The quantitative estimate of drug-likeness (QED) is 0.804. The molecular weight excluding hydrogens is 288 g/mol. The van der Waals surface area contributed by atoms with E-state index in [0.29, 0.717) is 5.92 Å². The predicted molar refractivity (Wildman–Crippen MR) is 99.4 cm³/mol. The van der Waals surface area contributed by atoms with Crippen LogP contribution >= 0.6 is 12.2 Å². The first-order valence-electron chi connectivity index (χ1n) is 7.64. The zero-order valence-electron chi connectivity index (χ0n) is 13.8. The van der Waals surface area contributed by atoms with E-state index in [1.165, 1.54) is 16.7 Å². The Bertz CT molecular complexity index is 632. The molecule has 0 fully saturated rings. The van der Waals surface area contributed by atoms with Gasteiger partial charge in [-0.1, -0.05) is 56.3 Å². The molecule has 0 amide bonds. The summed E-state index contributed by atoms with van der Waals surface area (Å²) in [6.07, 6.45) is 0. The average molecular weight is 312 g/mol. The molecule has 116 valence electrons. The third-order valence-electron chi connectivity index (χ3n) is 3.80. The van der Waals surface area contributed by atoms with E-state index in [9.17, 15) is 0 Å². The minimum atomic E-state index is 0.565. The van der Waals surface area contributed by atoms with E-state index >= 15 is 0 Å². The molecule has 0 saturated carbocycles. The van der Waals surface area contributed by atoms with Crippen LogP contribution in [0.1, 0.15) is 36.5 Å². The SMILES string of the molecule is Cc1ccccc1NC(=S)N(C)Cc1ccc(C(C)C)cc1. The third kappa shape index (κ3) is 4.31. The first-order valence-corrected chi connectivity index (χ1v) is 8.05. The van der Waals surface area contributed by atoms with Crippen molar-refractivity contribution in [3.63, 3.8) is 0 Å². The Morgan fingerprint density at radius 1 is 1.09 bits per heavy atom. The number of para-hydroxylation sites is 1. The number of nitrogens with zero attached hydrogens (tertiary/aromatic N) is 1. The van der Waals surface area contributed by atoms with Crippen molar-refractivity contribution in [2.45, 2.75) is 33.2 Å². The first-order chi connectivity index (χ1) is 10.5. The van der Waals surface area contributed by atoms with Gasteiger partial charge in [0.05, 0.1) is 0 Å². The molecular formula is C19H24N2S. The minimum absolute atomic E-state index is 0.565. The van der Waals surface area contributed by atoms with Gasteiger partial charge in [-0.2, -0.15) is 0 Å². The molecule has 2 rings (SSSR count). The maximum absolute atomic E-state index is 5.50. The molecule has 2 aromatic carbocycles. The van der Waals surface area contributed by atoms with Gasteiger partial charge in [-0.15, -0.1) is 0 Å². The highest BCUT2D eigenvalue weighted by Gasteiger charge is 2.07. The van der Waals surface area contributed by atoms with Gasteiger partial charge in [-0.25, -0.2) is 0 Å². The van der Waals surface area contributed by atoms with Crippen LogP contribution in [0.25, 0.3) is 0 Å². The second kappa shape index (κ2) is 7.41. The van der Waals surface area contributed by atoms with Crippen LogP contribution < -0.4 is 5.32 Å². The summed E-state index contributed by atoms with van der Waals surface area (Å²) in [5.41, 5.74) is 4.89. The van der Waals surface area contributed by atoms with Crippen molar-refractivity contribution in [2.75, 3.05) is 12.4 Å². The molecule has 2 nitrogen and oxygen atoms in total. The third-order valence-corrected chi connectivity index (χ3v) is 4.21. The number of aryl methyl sites for hydroxylation is 1. The van der Waals surface area contributed by atoms with E-state index < -0.39 is 0 Å². The first kappa shape index (κ1) is 16.5. The zero-order valence-corrected chi connectivity index (χ0v) is 14.6. The van der Waals surface area contributed by atoms with Gasteiger partial charge in [-0.05, 0) is 47.8 Å². The second-order valence-corrected chi connectivity index (χ2v) is 6.38. The van der Waals surface area contributed by atoms with Gasteiger partial charge in [0.2, 0.25) is 0 Å². The van der Waals surface area contributed by atoms with Crippen molar-refractivity contribution in [3.8, 4) is 0 Å². The van der Waals surface area contributed by atoms with Crippen LogP contribution in [0.15, 0.2) is 48.5 Å². The summed E-state index contributed by atoms with van der Waals surface area (Å²) < 4.78 is 0. The van der Waals surface area contributed by atoms with Crippen LogP contribution in [0.3, 0.4) is 0 Å². The topological polar surface area (TPSA) is 15.3 Å². The van der Waals surface area contributed by atoms with Gasteiger partial charge in [0, 0.05) is 19.3 Å². The number of hydrogen-bond acceptors (Lipinski definition) is 1. The predicted octanol–water partition coefficient (Wildman–Crippen LogP) is 4.95. The summed E-state index contributed by atoms with van der Waals surface area (Å²) in [5, 5.41) is 4.06. The fourth-order valence-electron chi connectivity index (χ4n) is 2.28. The highest BCUT2D eigenvalue weighted by Crippen LogP contribution is 2.17. The molecule has 0 unspecified atom stereocenters. The Morgan fingerprint density at radius 3 is 2.32 bits per heavy atom. The summed E-state index contributed by atoms with van der Waals surface area (Å²) in [6, 6.07) is 16.9. The molecule has 0 spiro atoms. The van der Waals surface area contributed by atoms with Crippen LogP contribution in [0.2, 0.25) is 0 Å². The number of rotatable bonds is 4. The largest absolute Gasteiger partial charge is 0.348 e. The van der Waals surface area contributed by atoms with Gasteiger partial charge in [0.1, 0.15) is 0 Å². The van der Waals surface area contributed by atoms with Gasteiger partial charge >= 0.3 is 0 Å². The molecule has 0 aliphatic carbocycles. The highest BCUT2D eigenvalue weighted by molar-refractivity contribution is 7.80. The number of anilines is 1. The van der Waals surface area contributed by atoms with Gasteiger partial charge < -0.3 is 10.2 Å². The second-order valence-electron chi connectivity index (χ2n) is 6.00. The van der Waals surface area contributed by atoms with Crippen molar-refractivity contribution in [3.05, 3.63) is 65.2 Å². The monoisotopic (exact) mass is 312 g/mol. The van der Waals surface area contributed by atoms with Crippen molar-refractivity contribution < 1.29 is 0 Å². The van der Waals surface area contributed by atoms with Gasteiger partial charge in [0.25, 0.3) is 0 Å². The highest BCUT2D eigenvalue weighted by atomic mass is 32.1. The minimum Gasteiger partial charge on any atom is -0.348 e. The summed E-state index contributed by atoms with van der Waals surface area (Å²) in [4.78, 5) is 2.06. The Kier molecular flexibility index (Phi) is 5.56. The molecule has 0 saturated heterocycles. The van der Waals surface area contributed by atoms with E-state index in [0.717, 1.165) is 17.3 Å². The average Bonchev–Trinajstić information content (AvgIpc) is 2.50. The molecule has 0 aliphatic rings. The number of thiocarbonyl (C=S) groups is 1. The van der Waals surface area contributed by atoms with Gasteiger partial charge in [0.15, 0.2) is 5.11 Å². The van der Waals surface area contributed by atoms with E-state index in [1.807, 2.05) is 25.2 Å². The maximum atomic E-state index is 5.50. The summed E-state index contributed by atoms with van der Waals surface area (Å²) >= 11 is 5.50. The molecule has 0 aliphatic heterocycles. The van der Waals surface area contributed by atoms with E-state index in [1.54, 1.807) is 0 Å². The van der Waals surface area contributed by atoms with Crippen LogP contribution in [0.5, 0.6) is 0 Å². The normalized spacial score (nSPS) is 10.6. The number of hydrogen-bond donors (Lipinski definition) is 1. The molecule has 0 atom stereocenters. The van der Waals surface area contributed by atoms with Crippen LogP contribution in [0.4, 0.5) is 5.69 Å². The number of benzene rings is 2. The lowest BCUT2D eigenvalue weighted by molar-refractivity contribution is 0.508. The molecule has 3 heteroatoms. The Balaban J connectivity index is 1.98. The van der Waals surface area contributed by atoms with Crippen molar-refractivity contribution >= 4 is 23.0 Å². The van der Waals surface area contributed by atoms with Crippen LogP contribution in [-0.2, 0) is 6.54 Å². The molecule has 0 radical (unpaired) electrons. The van der Waals surface area contributed by atoms with Crippen LogP contribution in [0, 0.1) is 6.92 Å². The van der Waals surface area contributed by atoms with Crippen molar-refractivity contribution in [1.82, 2.24) is 4.90 Å². The summed E-state index contributed by atoms with van der Waals surface area (Å²) in [7, 11) is 2.02. The molecule has 22 heavy (non-hydrogen) atoms. The Labute approximate surface area is 139 Å². The summed E-state index contributed by atoms with van der Waals surface area (Å²) in [5.74, 6) is 0.565. The molecule has 1 N–H and O–H groups in total. The van der Waals surface area contributed by atoms with Gasteiger partial charge in [-0.3, -0.25) is 0 Å². The Hall–Kier alpha value is -1.87. The van der Waals surface area contributed by atoms with Crippen LogP contribution in [-0.4, -0.2) is 17.1 Å². The maximum Gasteiger partial charge on any atom is 0.173 e. The lowest BCUT2D eigenvalue weighted by Crippen LogP contribution is -2.30. The van der Waals surface area contributed by atoms with E-state index in [4.69, 9.17) is 12.2 Å². The molecule has 0 heterocycles. The molecule has 2 aromatic rings. The fraction of sp³-hybridized carbons (Fsp3) is 0.316. The molecule has 0 bridgehead atoms. The Morgan fingerprint density at radius 2 is 1.73 bits per heavy atom. The number of nitrogens with one attached hydrogen (secondary N) is 1. The lowest BCUT2D eigenvalue weighted by Gasteiger charge is -2.22. The smallest absolute Gasteiger partial charge is 0.173 e. The van der Waals surface area contributed by atoms with Crippen molar-refractivity contribution in [2.24, 2.45) is 0 Å². The summed E-state index contributed by atoms with van der Waals surface area (Å²) in [6.45, 7) is 7.30. The standard InChI is InChI=1S/C19H24N2S/c1-14(2)17-11-9-16(10-12-17)13-21(4)19(22)20-18-8-6-5-7-15(18)3/h5-12,14H,13H2,1-4H3,(H,20,22). The lowest BCUT2D eigenvalue weighted by atomic mass is 10.0. The fourth-order valence-corrected chi connectivity index (χ4v) is 2.45. The van der Waals surface area contributed by atoms with Crippen molar-refractivity contribution in [1.29, 1.82) is 0 Å². The van der Waals surface area contributed by atoms with E-state index in [2.05, 4.69) is 61.3 Å². The molecule has 0 aromatic heterocycles. The zero-order chi connectivity index (χ0) is 16.1.